The summed E-state index contributed by atoms with van der Waals surface area (Å²) in [7, 11) is 0. The smallest absolute Gasteiger partial charge is 0.355 e. The van der Waals surface area contributed by atoms with Crippen LogP contribution in [0.25, 0.3) is 0 Å². The molecular formula is C12H17NO3S. The molecule has 5 heteroatoms. The third-order valence-electron chi connectivity index (χ3n) is 3.19. The van der Waals surface area contributed by atoms with Crippen molar-refractivity contribution in [1.82, 2.24) is 4.98 Å². The van der Waals surface area contributed by atoms with Crippen molar-refractivity contribution >= 4 is 17.3 Å². The fraction of sp³-hybridized carbons (Fsp3) is 0.667. The Hall–Kier alpha value is -0.940. The van der Waals surface area contributed by atoms with Crippen molar-refractivity contribution in [2.45, 2.75) is 44.6 Å². The minimum Gasteiger partial charge on any atom is -0.476 e. The molecule has 4 nitrogen and oxygen atoms in total. The summed E-state index contributed by atoms with van der Waals surface area (Å²) in [4.78, 5) is 15.1. The first-order valence-corrected chi connectivity index (χ1v) is 6.89. The quantitative estimate of drug-likeness (QED) is 0.898. The average Bonchev–Trinajstić information content (AvgIpc) is 2.80. The molecule has 0 atom stereocenters. The zero-order valence-corrected chi connectivity index (χ0v) is 10.8. The van der Waals surface area contributed by atoms with Crippen molar-refractivity contribution < 1.29 is 14.6 Å². The van der Waals surface area contributed by atoms with E-state index in [1.807, 2.05) is 6.92 Å². The molecule has 94 valence electrons. The van der Waals surface area contributed by atoms with Crippen LogP contribution in [0.5, 0.6) is 0 Å². The molecule has 1 aromatic rings. The van der Waals surface area contributed by atoms with Gasteiger partial charge in [-0.3, -0.25) is 0 Å². The van der Waals surface area contributed by atoms with E-state index in [2.05, 4.69) is 4.98 Å². The Bertz CT molecular complexity index is 391. The van der Waals surface area contributed by atoms with E-state index in [1.54, 1.807) is 5.38 Å². The lowest BCUT2D eigenvalue weighted by Crippen LogP contribution is -2.32. The molecule has 0 radical (unpaired) electrons. The number of carboxylic acid groups (broad SMARTS) is 1. The lowest BCUT2D eigenvalue weighted by molar-refractivity contribution is -0.0705. The number of aromatic carboxylic acids is 1. The van der Waals surface area contributed by atoms with E-state index in [1.165, 1.54) is 17.8 Å². The number of hydrogen-bond donors (Lipinski definition) is 1. The van der Waals surface area contributed by atoms with Crippen LogP contribution in [0.15, 0.2) is 5.38 Å². The lowest BCUT2D eigenvalue weighted by Gasteiger charge is -2.35. The average molecular weight is 255 g/mol. The maximum Gasteiger partial charge on any atom is 0.355 e. The molecule has 1 fully saturated rings. The van der Waals surface area contributed by atoms with Gasteiger partial charge in [0.05, 0.1) is 0 Å². The van der Waals surface area contributed by atoms with Crippen LogP contribution < -0.4 is 0 Å². The highest BCUT2D eigenvalue weighted by atomic mass is 32.1. The first-order chi connectivity index (χ1) is 8.18. The summed E-state index contributed by atoms with van der Waals surface area (Å²) in [5.74, 6) is -0.963. The first kappa shape index (κ1) is 12.5. The third kappa shape index (κ3) is 2.50. The highest BCUT2D eigenvalue weighted by Gasteiger charge is 2.37. The Balaban J connectivity index is 2.27. The van der Waals surface area contributed by atoms with Gasteiger partial charge in [0, 0.05) is 12.0 Å². The van der Waals surface area contributed by atoms with Crippen molar-refractivity contribution in [3.63, 3.8) is 0 Å². The number of carboxylic acids is 1. The van der Waals surface area contributed by atoms with Gasteiger partial charge in [0.1, 0.15) is 10.6 Å². The second kappa shape index (κ2) is 5.14. The van der Waals surface area contributed by atoms with E-state index in [0.717, 1.165) is 30.7 Å². The molecule has 1 saturated carbocycles. The highest BCUT2D eigenvalue weighted by Crippen LogP contribution is 2.41. The number of ether oxygens (including phenoxy) is 1. The van der Waals surface area contributed by atoms with Gasteiger partial charge in [0.25, 0.3) is 0 Å². The van der Waals surface area contributed by atoms with Gasteiger partial charge in [-0.2, -0.15) is 0 Å². The Morgan fingerprint density at radius 1 is 1.53 bits per heavy atom. The van der Waals surface area contributed by atoms with Crippen LogP contribution in [0.2, 0.25) is 0 Å². The zero-order valence-electron chi connectivity index (χ0n) is 9.94. The minimum atomic E-state index is -0.963. The van der Waals surface area contributed by atoms with Gasteiger partial charge in [-0.1, -0.05) is 19.3 Å². The van der Waals surface area contributed by atoms with Gasteiger partial charge in [0.2, 0.25) is 0 Å². The maximum absolute atomic E-state index is 10.9. The molecular weight excluding hydrogens is 238 g/mol. The molecule has 1 aliphatic rings. The molecule has 1 heterocycles. The Kier molecular flexibility index (Phi) is 3.79. The van der Waals surface area contributed by atoms with Gasteiger partial charge in [-0.25, -0.2) is 9.78 Å². The minimum absolute atomic E-state index is 0.134. The topological polar surface area (TPSA) is 59.4 Å². The Labute approximate surface area is 105 Å². The van der Waals surface area contributed by atoms with Gasteiger partial charge >= 0.3 is 5.97 Å². The molecule has 0 aromatic carbocycles. The summed E-state index contributed by atoms with van der Waals surface area (Å²) in [6, 6.07) is 0. The molecule has 0 saturated heterocycles. The SMILES string of the molecule is CCOC1(c2nc(C(=O)O)cs2)CCCCC1. The standard InChI is InChI=1S/C12H17NO3S/c1-2-16-12(6-4-3-5-7-12)11-13-9(8-17-11)10(14)15/h8H,2-7H2,1H3,(H,14,15). The van der Waals surface area contributed by atoms with Crippen LogP contribution in [0.1, 0.15) is 54.5 Å². The molecule has 1 aromatic heterocycles. The summed E-state index contributed by atoms with van der Waals surface area (Å²) in [6.07, 6.45) is 5.39. The van der Waals surface area contributed by atoms with Crippen LogP contribution in [-0.2, 0) is 10.3 Å². The summed E-state index contributed by atoms with van der Waals surface area (Å²) in [5.41, 5.74) is -0.194. The number of aromatic nitrogens is 1. The van der Waals surface area contributed by atoms with Crippen molar-refractivity contribution in [3.8, 4) is 0 Å². The van der Waals surface area contributed by atoms with E-state index >= 15 is 0 Å². The second-order valence-corrected chi connectivity index (χ2v) is 5.19. The van der Waals surface area contributed by atoms with Gasteiger partial charge < -0.3 is 9.84 Å². The van der Waals surface area contributed by atoms with Crippen LogP contribution in [0, 0.1) is 0 Å². The number of carbonyl (C=O) groups is 1. The number of thiazole rings is 1. The Morgan fingerprint density at radius 3 is 2.76 bits per heavy atom. The summed E-state index contributed by atoms with van der Waals surface area (Å²) in [6.45, 7) is 2.62. The summed E-state index contributed by atoms with van der Waals surface area (Å²) in [5, 5.41) is 11.3. The van der Waals surface area contributed by atoms with E-state index in [-0.39, 0.29) is 11.3 Å². The third-order valence-corrected chi connectivity index (χ3v) is 4.22. The molecule has 1 aliphatic carbocycles. The molecule has 0 unspecified atom stereocenters. The predicted octanol–water partition coefficient (Wildman–Crippen LogP) is 3.04. The molecule has 0 spiro atoms. The second-order valence-electron chi connectivity index (χ2n) is 4.33. The van der Waals surface area contributed by atoms with Crippen molar-refractivity contribution in [2.75, 3.05) is 6.61 Å². The van der Waals surface area contributed by atoms with Crippen LogP contribution >= 0.6 is 11.3 Å². The van der Waals surface area contributed by atoms with Crippen LogP contribution in [0.3, 0.4) is 0 Å². The largest absolute Gasteiger partial charge is 0.476 e. The fourth-order valence-corrected chi connectivity index (χ4v) is 3.41. The van der Waals surface area contributed by atoms with Crippen molar-refractivity contribution in [2.24, 2.45) is 0 Å². The highest BCUT2D eigenvalue weighted by molar-refractivity contribution is 7.10. The Morgan fingerprint density at radius 2 is 2.24 bits per heavy atom. The molecule has 0 aliphatic heterocycles. The van der Waals surface area contributed by atoms with Crippen LogP contribution in [0.4, 0.5) is 0 Å². The molecule has 17 heavy (non-hydrogen) atoms. The van der Waals surface area contributed by atoms with E-state index in [0.29, 0.717) is 6.61 Å². The first-order valence-electron chi connectivity index (χ1n) is 6.01. The summed E-state index contributed by atoms with van der Waals surface area (Å²) < 4.78 is 5.90. The molecule has 0 amide bonds. The predicted molar refractivity (Wildman–Crippen MR) is 65.5 cm³/mol. The van der Waals surface area contributed by atoms with Crippen molar-refractivity contribution in [1.29, 1.82) is 0 Å². The molecule has 0 bridgehead atoms. The van der Waals surface area contributed by atoms with Gasteiger partial charge in [-0.05, 0) is 19.8 Å². The molecule has 2 rings (SSSR count). The van der Waals surface area contributed by atoms with Gasteiger partial charge in [0.15, 0.2) is 5.69 Å². The normalized spacial score (nSPS) is 19.1. The fourth-order valence-electron chi connectivity index (χ4n) is 2.40. The zero-order chi connectivity index (χ0) is 12.3. The van der Waals surface area contributed by atoms with Crippen LogP contribution in [-0.4, -0.2) is 22.7 Å². The number of hydrogen-bond acceptors (Lipinski definition) is 4. The van der Waals surface area contributed by atoms with E-state index in [9.17, 15) is 4.79 Å². The summed E-state index contributed by atoms with van der Waals surface area (Å²) >= 11 is 1.41. The molecule has 1 N–H and O–H groups in total. The van der Waals surface area contributed by atoms with Crippen molar-refractivity contribution in [3.05, 3.63) is 16.1 Å². The maximum atomic E-state index is 10.9. The number of rotatable bonds is 4. The lowest BCUT2D eigenvalue weighted by atomic mass is 9.85. The van der Waals surface area contributed by atoms with Gasteiger partial charge in [-0.15, -0.1) is 11.3 Å². The monoisotopic (exact) mass is 255 g/mol. The van der Waals surface area contributed by atoms with E-state index in [4.69, 9.17) is 9.84 Å². The van der Waals surface area contributed by atoms with E-state index < -0.39 is 5.97 Å². The number of nitrogens with zero attached hydrogens (tertiary/aromatic N) is 1.